The van der Waals surface area contributed by atoms with Gasteiger partial charge in [0.2, 0.25) is 0 Å². The van der Waals surface area contributed by atoms with Crippen molar-refractivity contribution in [3.05, 3.63) is 0 Å². The van der Waals surface area contributed by atoms with Crippen LogP contribution >= 0.6 is 0 Å². The van der Waals surface area contributed by atoms with Gasteiger partial charge in [-0.3, -0.25) is 0 Å². The third kappa shape index (κ3) is 10.8. The molecule has 0 aromatic heterocycles. The molecular weight excluding hydrogens is 607 g/mol. The van der Waals surface area contributed by atoms with Crippen molar-refractivity contribution >= 4 is 0 Å². The number of nitrogens with zero attached hydrogens (tertiary/aromatic N) is 3. The minimum absolute atomic E-state index is 0. The summed E-state index contributed by atoms with van der Waals surface area (Å²) in [6.45, 7) is 24.0. The van der Waals surface area contributed by atoms with Gasteiger partial charge in [-0.2, -0.15) is 0 Å². The van der Waals surface area contributed by atoms with Gasteiger partial charge in [0.1, 0.15) is 0 Å². The van der Waals surface area contributed by atoms with Gasteiger partial charge in [0.25, 0.3) is 0 Å². The molecule has 3 heteroatoms. The lowest BCUT2D eigenvalue weighted by Gasteiger charge is -2.42. The van der Waals surface area contributed by atoms with Crippen molar-refractivity contribution in [3.63, 3.8) is 0 Å². The summed E-state index contributed by atoms with van der Waals surface area (Å²) in [5, 5.41) is 0. The number of fused-ring (bicyclic) bond motifs is 8. The van der Waals surface area contributed by atoms with E-state index in [1.807, 2.05) is 0 Å². The van der Waals surface area contributed by atoms with E-state index >= 15 is 0 Å². The molecule has 2 aliphatic carbocycles. The van der Waals surface area contributed by atoms with Gasteiger partial charge >= 0.3 is 0 Å². The highest BCUT2D eigenvalue weighted by molar-refractivity contribution is 4.98. The van der Waals surface area contributed by atoms with Crippen LogP contribution in [0.4, 0.5) is 0 Å². The maximum Gasteiger partial charge on any atom is 0.0124 e. The van der Waals surface area contributed by atoms with Gasteiger partial charge in [0.05, 0.1) is 0 Å². The molecule has 50 heavy (non-hydrogen) atoms. The van der Waals surface area contributed by atoms with Crippen LogP contribution in [0.3, 0.4) is 0 Å². The summed E-state index contributed by atoms with van der Waals surface area (Å²) < 4.78 is 0. The van der Waals surface area contributed by atoms with E-state index in [1.54, 1.807) is 6.42 Å². The van der Waals surface area contributed by atoms with Crippen molar-refractivity contribution < 1.29 is 0 Å². The predicted octanol–water partition coefficient (Wildman–Crippen LogP) is 12.6. The van der Waals surface area contributed by atoms with Gasteiger partial charge in [-0.25, -0.2) is 0 Å². The van der Waals surface area contributed by atoms with Crippen molar-refractivity contribution in [2.45, 2.75) is 228 Å². The standard InChI is InChI=1S/C13H25N.C12H23N.C12H22.C9H17N.CH4/c1-13(2,3)9-10-7-11-5-6-12(8-10)14(11)4;1-12(2,3)9-7-10-5-6-11(8-9)13(10)4;1-12(2,3)11-7-9-4-5-10(6-9)8-11;1-3-7-6-8-4-5-9(7)10(8)2;/h10-12H,5-9H2,1-4H3;9-11H,5-8H2,1-4H3;9-11H,4-8H2,1-3H3;7-9H,3-6H2,1-2H3;1H4. The lowest BCUT2D eigenvalue weighted by atomic mass is 9.69. The first-order valence-electron chi connectivity index (χ1n) is 22.0. The summed E-state index contributed by atoms with van der Waals surface area (Å²) in [5.41, 5.74) is 1.63. The Morgan fingerprint density at radius 1 is 0.460 bits per heavy atom. The molecule has 8 aliphatic rings. The molecule has 0 N–H and O–H groups in total. The molecule has 6 aliphatic heterocycles. The fourth-order valence-corrected chi connectivity index (χ4v) is 12.7. The quantitative estimate of drug-likeness (QED) is 0.284. The van der Waals surface area contributed by atoms with Gasteiger partial charge in [-0.15, -0.1) is 0 Å². The number of hydrogen-bond acceptors (Lipinski definition) is 3. The molecule has 6 saturated heterocycles. The molecule has 9 unspecified atom stereocenters. The van der Waals surface area contributed by atoms with Gasteiger partial charge in [-0.05, 0) is 169 Å². The smallest absolute Gasteiger partial charge is 0.0124 e. The van der Waals surface area contributed by atoms with Crippen molar-refractivity contribution in [1.82, 2.24) is 14.7 Å². The molecule has 0 spiro atoms. The topological polar surface area (TPSA) is 9.72 Å². The Morgan fingerprint density at radius 3 is 1.20 bits per heavy atom. The van der Waals surface area contributed by atoms with Gasteiger partial charge in [0.15, 0.2) is 0 Å². The minimum Gasteiger partial charge on any atom is -0.300 e. The molecular formula is C47H91N3. The molecule has 2 saturated carbocycles. The first-order chi connectivity index (χ1) is 22.8. The average Bonchev–Trinajstić information content (AvgIpc) is 3.72. The summed E-state index contributed by atoms with van der Waals surface area (Å²) in [7, 11) is 6.95. The molecule has 9 atom stereocenters. The molecule has 3 nitrogen and oxygen atoms in total. The second kappa shape index (κ2) is 17.1. The van der Waals surface area contributed by atoms with E-state index in [0.29, 0.717) is 16.2 Å². The molecule has 0 aromatic carbocycles. The monoisotopic (exact) mass is 698 g/mol. The molecule has 0 amide bonds. The minimum atomic E-state index is 0. The zero-order valence-electron chi connectivity index (χ0n) is 35.5. The van der Waals surface area contributed by atoms with Crippen LogP contribution in [0.15, 0.2) is 0 Å². The Labute approximate surface area is 315 Å². The highest BCUT2D eigenvalue weighted by Gasteiger charge is 2.44. The SMILES string of the molecule is C.CC(C)(C)C1CC2CCC(C2)C1.CCC1CC2CCC1N2C.CN1C2CCC1CC(C(C)(C)C)C2.CN1C2CCC1CC(CC(C)(C)C)C2. The van der Waals surface area contributed by atoms with E-state index in [1.165, 1.54) is 109 Å². The molecule has 0 aromatic rings. The van der Waals surface area contributed by atoms with Gasteiger partial charge < -0.3 is 14.7 Å². The Hall–Kier alpha value is -0.120. The average molecular weight is 698 g/mol. The third-order valence-corrected chi connectivity index (χ3v) is 16.1. The second-order valence-corrected chi connectivity index (χ2v) is 22.7. The lowest BCUT2D eigenvalue weighted by molar-refractivity contribution is 0.0736. The lowest BCUT2D eigenvalue weighted by Crippen LogP contribution is -2.43. The summed E-state index contributed by atoms with van der Waals surface area (Å²) in [6.07, 6.45) is 26.6. The Kier molecular flexibility index (Phi) is 14.6. The van der Waals surface area contributed by atoms with E-state index in [2.05, 4.69) is 105 Å². The van der Waals surface area contributed by atoms with E-state index < -0.39 is 0 Å². The zero-order chi connectivity index (χ0) is 35.9. The fourth-order valence-electron chi connectivity index (χ4n) is 12.7. The van der Waals surface area contributed by atoms with E-state index in [0.717, 1.165) is 71.8 Å². The van der Waals surface area contributed by atoms with Crippen LogP contribution in [0.5, 0.6) is 0 Å². The number of piperidine rings is 2. The summed E-state index contributed by atoms with van der Waals surface area (Å²) >= 11 is 0. The Morgan fingerprint density at radius 2 is 0.860 bits per heavy atom. The Balaban J connectivity index is 0.000000150. The summed E-state index contributed by atoms with van der Waals surface area (Å²) in [4.78, 5) is 7.87. The first kappa shape index (κ1) is 42.6. The number of hydrogen-bond donors (Lipinski definition) is 0. The van der Waals surface area contributed by atoms with Crippen LogP contribution in [0.1, 0.15) is 192 Å². The summed E-state index contributed by atoms with van der Waals surface area (Å²) in [5.74, 6) is 6.22. The molecule has 8 bridgehead atoms. The number of rotatable bonds is 2. The van der Waals surface area contributed by atoms with Crippen molar-refractivity contribution in [2.75, 3.05) is 21.1 Å². The molecule has 6 heterocycles. The summed E-state index contributed by atoms with van der Waals surface area (Å²) in [6, 6.07) is 5.55. The molecule has 294 valence electrons. The van der Waals surface area contributed by atoms with Gasteiger partial charge in [-0.1, -0.05) is 95.9 Å². The molecule has 8 fully saturated rings. The molecule has 0 radical (unpaired) electrons. The fraction of sp³-hybridized carbons (Fsp3) is 1.00. The maximum absolute atomic E-state index is 2.64. The Bertz CT molecular complexity index is 975. The third-order valence-electron chi connectivity index (χ3n) is 16.1. The largest absolute Gasteiger partial charge is 0.300 e. The predicted molar refractivity (Wildman–Crippen MR) is 221 cm³/mol. The molecule has 8 rings (SSSR count). The first-order valence-corrected chi connectivity index (χ1v) is 22.0. The van der Waals surface area contributed by atoms with E-state index in [-0.39, 0.29) is 7.43 Å². The zero-order valence-corrected chi connectivity index (χ0v) is 35.5. The highest BCUT2D eigenvalue weighted by atomic mass is 15.2. The van der Waals surface area contributed by atoms with Crippen molar-refractivity contribution in [3.8, 4) is 0 Å². The van der Waals surface area contributed by atoms with Crippen LogP contribution in [-0.4, -0.2) is 72.1 Å². The highest BCUT2D eigenvalue weighted by Crippen LogP contribution is 2.50. The van der Waals surface area contributed by atoms with E-state index in [9.17, 15) is 0 Å². The van der Waals surface area contributed by atoms with Crippen LogP contribution < -0.4 is 0 Å². The van der Waals surface area contributed by atoms with Crippen LogP contribution in [-0.2, 0) is 0 Å². The van der Waals surface area contributed by atoms with Crippen LogP contribution in [0.2, 0.25) is 0 Å². The van der Waals surface area contributed by atoms with E-state index in [4.69, 9.17) is 0 Å². The van der Waals surface area contributed by atoms with Crippen molar-refractivity contribution in [1.29, 1.82) is 0 Å². The van der Waals surface area contributed by atoms with Crippen LogP contribution in [0.25, 0.3) is 0 Å². The van der Waals surface area contributed by atoms with Crippen molar-refractivity contribution in [2.24, 2.45) is 51.8 Å². The van der Waals surface area contributed by atoms with Crippen LogP contribution in [0, 0.1) is 51.8 Å². The maximum atomic E-state index is 2.64. The second-order valence-electron chi connectivity index (χ2n) is 22.7. The normalized spacial score (nSPS) is 41.0. The van der Waals surface area contributed by atoms with Gasteiger partial charge in [0, 0.05) is 36.3 Å².